The summed E-state index contributed by atoms with van der Waals surface area (Å²) in [6, 6.07) is 13.9. The number of amides is 1. The van der Waals surface area contributed by atoms with Crippen molar-refractivity contribution in [3.8, 4) is 11.3 Å². The van der Waals surface area contributed by atoms with Crippen LogP contribution >= 0.6 is 0 Å². The number of H-pyrrole nitrogens is 1. The molecular formula is C22H26N2O3. The number of aromatic nitrogens is 1. The van der Waals surface area contributed by atoms with Crippen molar-refractivity contribution in [3.63, 3.8) is 0 Å². The van der Waals surface area contributed by atoms with Gasteiger partial charge in [-0.3, -0.25) is 0 Å². The molecule has 0 aliphatic heterocycles. The number of rotatable bonds is 4. The van der Waals surface area contributed by atoms with E-state index < -0.39 is 11.7 Å². The van der Waals surface area contributed by atoms with Crippen LogP contribution in [0.5, 0.6) is 0 Å². The van der Waals surface area contributed by atoms with Crippen molar-refractivity contribution in [2.75, 3.05) is 0 Å². The van der Waals surface area contributed by atoms with E-state index in [9.17, 15) is 9.90 Å². The second-order valence-electron chi connectivity index (χ2n) is 7.68. The third-order valence-corrected chi connectivity index (χ3v) is 4.42. The summed E-state index contributed by atoms with van der Waals surface area (Å²) in [4.78, 5) is 15.3. The number of hydrogen-bond donors (Lipinski definition) is 3. The number of benzene rings is 2. The number of carbonyl (C=O) groups excluding carboxylic acids is 1. The Morgan fingerprint density at radius 1 is 1.19 bits per heavy atom. The van der Waals surface area contributed by atoms with Crippen molar-refractivity contribution in [2.45, 2.75) is 46.4 Å². The molecule has 0 fully saturated rings. The van der Waals surface area contributed by atoms with Crippen LogP contribution < -0.4 is 5.32 Å². The summed E-state index contributed by atoms with van der Waals surface area (Å²) in [5.41, 5.74) is 5.52. The summed E-state index contributed by atoms with van der Waals surface area (Å²) in [7, 11) is 0. The molecule has 0 spiro atoms. The lowest BCUT2D eigenvalue weighted by Gasteiger charge is -2.19. The minimum absolute atomic E-state index is 0.00393. The highest BCUT2D eigenvalue weighted by Gasteiger charge is 2.16. The second kappa shape index (κ2) is 7.45. The lowest BCUT2D eigenvalue weighted by atomic mass is 10.0. The molecule has 0 saturated heterocycles. The van der Waals surface area contributed by atoms with Gasteiger partial charge in [-0.15, -0.1) is 0 Å². The number of aliphatic hydroxyl groups is 1. The number of carbonyl (C=O) groups is 1. The Bertz CT molecular complexity index is 967. The number of aryl methyl sites for hydroxylation is 1. The molecule has 0 saturated carbocycles. The largest absolute Gasteiger partial charge is 0.444 e. The summed E-state index contributed by atoms with van der Waals surface area (Å²) in [5.74, 6) is 0. The van der Waals surface area contributed by atoms with Gasteiger partial charge in [-0.25, -0.2) is 4.79 Å². The first-order valence-corrected chi connectivity index (χ1v) is 9.05. The standard InChI is InChI=1S/C22H26N2O3/c1-14-18-11-15(12-23-21(26)27-22(2,3)4)9-10-19(18)24-20(14)17-8-6-5-7-16(17)13-25/h5-11,24-25H,12-13H2,1-4H3,(H,23,26). The van der Waals surface area contributed by atoms with E-state index in [2.05, 4.69) is 23.3 Å². The van der Waals surface area contributed by atoms with Crippen LogP contribution in [0.15, 0.2) is 42.5 Å². The fraction of sp³-hybridized carbons (Fsp3) is 0.318. The zero-order chi connectivity index (χ0) is 19.6. The first-order valence-electron chi connectivity index (χ1n) is 9.05. The van der Waals surface area contributed by atoms with Crippen molar-refractivity contribution >= 4 is 17.0 Å². The molecule has 1 amide bonds. The summed E-state index contributed by atoms with van der Waals surface area (Å²) in [6.07, 6.45) is -0.425. The van der Waals surface area contributed by atoms with Gasteiger partial charge in [-0.2, -0.15) is 0 Å². The third-order valence-electron chi connectivity index (χ3n) is 4.42. The Balaban J connectivity index is 1.86. The van der Waals surface area contributed by atoms with Gasteiger partial charge in [-0.1, -0.05) is 30.3 Å². The van der Waals surface area contributed by atoms with Gasteiger partial charge in [0.2, 0.25) is 0 Å². The highest BCUT2D eigenvalue weighted by molar-refractivity contribution is 5.91. The van der Waals surface area contributed by atoms with Gasteiger partial charge in [0.05, 0.1) is 6.61 Å². The van der Waals surface area contributed by atoms with E-state index >= 15 is 0 Å². The molecule has 3 rings (SSSR count). The first-order chi connectivity index (χ1) is 12.8. The van der Waals surface area contributed by atoms with Gasteiger partial charge in [0.15, 0.2) is 0 Å². The SMILES string of the molecule is Cc1c(-c2ccccc2CO)[nH]c2ccc(CNC(=O)OC(C)(C)C)cc12. The van der Waals surface area contributed by atoms with Gasteiger partial charge in [0.25, 0.3) is 0 Å². The van der Waals surface area contributed by atoms with Gasteiger partial charge >= 0.3 is 6.09 Å². The Labute approximate surface area is 159 Å². The number of ether oxygens (including phenoxy) is 1. The van der Waals surface area contributed by atoms with E-state index in [-0.39, 0.29) is 6.61 Å². The van der Waals surface area contributed by atoms with Gasteiger partial charge in [0.1, 0.15) is 5.60 Å². The molecule has 0 bridgehead atoms. The monoisotopic (exact) mass is 366 g/mol. The van der Waals surface area contributed by atoms with Gasteiger partial charge in [-0.05, 0) is 56.5 Å². The zero-order valence-electron chi connectivity index (χ0n) is 16.2. The molecule has 5 heteroatoms. The van der Waals surface area contributed by atoms with E-state index in [0.29, 0.717) is 6.54 Å². The van der Waals surface area contributed by atoms with Gasteiger partial charge in [0, 0.05) is 28.7 Å². The molecule has 0 aliphatic rings. The number of aromatic amines is 1. The molecule has 3 aromatic rings. The van der Waals surface area contributed by atoms with E-state index in [1.54, 1.807) is 0 Å². The molecule has 1 aromatic heterocycles. The number of nitrogens with one attached hydrogen (secondary N) is 2. The molecule has 3 N–H and O–H groups in total. The highest BCUT2D eigenvalue weighted by Crippen LogP contribution is 2.32. The number of aliphatic hydroxyl groups excluding tert-OH is 1. The smallest absolute Gasteiger partial charge is 0.407 e. The molecule has 142 valence electrons. The maximum absolute atomic E-state index is 11.9. The van der Waals surface area contributed by atoms with Crippen molar-refractivity contribution in [1.82, 2.24) is 10.3 Å². The summed E-state index contributed by atoms with van der Waals surface area (Å²) < 4.78 is 5.28. The lowest BCUT2D eigenvalue weighted by molar-refractivity contribution is 0.0523. The van der Waals surface area contributed by atoms with E-state index in [1.807, 2.05) is 57.2 Å². The van der Waals surface area contributed by atoms with Crippen LogP contribution in [0, 0.1) is 6.92 Å². The average Bonchev–Trinajstić information content (AvgIpc) is 2.95. The number of alkyl carbamates (subject to hydrolysis) is 1. The quantitative estimate of drug-likeness (QED) is 0.629. The first kappa shape index (κ1) is 19.0. The summed E-state index contributed by atoms with van der Waals surface area (Å²) in [6.45, 7) is 7.98. The van der Waals surface area contributed by atoms with E-state index in [1.165, 1.54) is 0 Å². The third kappa shape index (κ3) is 4.31. The minimum atomic E-state index is -0.514. The fourth-order valence-corrected chi connectivity index (χ4v) is 3.14. The van der Waals surface area contributed by atoms with Crippen LogP contribution in [0.25, 0.3) is 22.2 Å². The van der Waals surface area contributed by atoms with E-state index in [0.717, 1.165) is 38.9 Å². The summed E-state index contributed by atoms with van der Waals surface area (Å²) >= 11 is 0. The molecule has 0 atom stereocenters. The minimum Gasteiger partial charge on any atom is -0.444 e. The topological polar surface area (TPSA) is 74.4 Å². The molecule has 2 aromatic carbocycles. The van der Waals surface area contributed by atoms with Crippen molar-refractivity contribution in [2.24, 2.45) is 0 Å². The molecule has 5 nitrogen and oxygen atoms in total. The van der Waals surface area contributed by atoms with Crippen molar-refractivity contribution in [3.05, 3.63) is 59.2 Å². The van der Waals surface area contributed by atoms with Gasteiger partial charge < -0.3 is 20.1 Å². The van der Waals surface area contributed by atoms with Crippen molar-refractivity contribution < 1.29 is 14.6 Å². The Morgan fingerprint density at radius 3 is 2.63 bits per heavy atom. The van der Waals surface area contributed by atoms with Crippen LogP contribution in [0.4, 0.5) is 4.79 Å². The summed E-state index contributed by atoms with van der Waals surface area (Å²) in [5, 5.41) is 13.5. The number of hydrogen-bond acceptors (Lipinski definition) is 3. The lowest BCUT2D eigenvalue weighted by Crippen LogP contribution is -2.32. The molecule has 0 aliphatic carbocycles. The normalized spacial score (nSPS) is 11.6. The maximum atomic E-state index is 11.9. The average molecular weight is 366 g/mol. The van der Waals surface area contributed by atoms with Crippen LogP contribution in [0.1, 0.15) is 37.5 Å². The number of fused-ring (bicyclic) bond motifs is 1. The molecular weight excluding hydrogens is 340 g/mol. The van der Waals surface area contributed by atoms with Crippen LogP contribution in [-0.4, -0.2) is 21.8 Å². The predicted molar refractivity (Wildman–Crippen MR) is 107 cm³/mol. The Hall–Kier alpha value is -2.79. The molecule has 1 heterocycles. The Morgan fingerprint density at radius 2 is 1.93 bits per heavy atom. The molecule has 0 unspecified atom stereocenters. The Kier molecular flexibility index (Phi) is 5.24. The second-order valence-corrected chi connectivity index (χ2v) is 7.68. The highest BCUT2D eigenvalue weighted by atomic mass is 16.6. The zero-order valence-corrected chi connectivity index (χ0v) is 16.2. The maximum Gasteiger partial charge on any atom is 0.407 e. The predicted octanol–water partition coefficient (Wildman–Crippen LogP) is 4.66. The van der Waals surface area contributed by atoms with Crippen LogP contribution in [0.3, 0.4) is 0 Å². The molecule has 27 heavy (non-hydrogen) atoms. The van der Waals surface area contributed by atoms with Crippen molar-refractivity contribution in [1.29, 1.82) is 0 Å². The van der Waals surface area contributed by atoms with E-state index in [4.69, 9.17) is 4.74 Å². The molecule has 0 radical (unpaired) electrons. The van der Waals surface area contributed by atoms with Crippen LogP contribution in [0.2, 0.25) is 0 Å². The fourth-order valence-electron chi connectivity index (χ4n) is 3.14. The van der Waals surface area contributed by atoms with Crippen LogP contribution in [-0.2, 0) is 17.9 Å².